The van der Waals surface area contributed by atoms with E-state index in [0.29, 0.717) is 23.6 Å². The maximum Gasteiger partial charge on any atom is 0.170 e. The van der Waals surface area contributed by atoms with E-state index in [9.17, 15) is 4.79 Å². The number of halogens is 2. The Morgan fingerprint density at radius 3 is 2.85 bits per heavy atom. The topological polar surface area (TPSA) is 26.3 Å². The minimum Gasteiger partial charge on any atom is -0.493 e. The Bertz CT molecular complexity index is 649. The predicted molar refractivity (Wildman–Crippen MR) is 82.8 cm³/mol. The molecule has 1 aliphatic heterocycles. The lowest BCUT2D eigenvalue weighted by Crippen LogP contribution is -2.21. The second-order valence-electron chi connectivity index (χ2n) is 4.75. The summed E-state index contributed by atoms with van der Waals surface area (Å²) >= 11 is 9.40. The summed E-state index contributed by atoms with van der Waals surface area (Å²) in [4.78, 5) is 12.7. The van der Waals surface area contributed by atoms with Crippen molar-refractivity contribution >= 4 is 33.3 Å². The molecule has 0 aromatic heterocycles. The van der Waals surface area contributed by atoms with Gasteiger partial charge in [0.15, 0.2) is 5.78 Å². The van der Waals surface area contributed by atoms with Crippen molar-refractivity contribution in [3.05, 3.63) is 63.1 Å². The first-order valence-electron chi connectivity index (χ1n) is 6.37. The van der Waals surface area contributed by atoms with Gasteiger partial charge in [0, 0.05) is 20.6 Å². The molecule has 0 radical (unpaired) electrons. The van der Waals surface area contributed by atoms with Crippen molar-refractivity contribution in [3.63, 3.8) is 0 Å². The monoisotopic (exact) mass is 350 g/mol. The van der Waals surface area contributed by atoms with E-state index in [-0.39, 0.29) is 11.7 Å². The number of benzene rings is 2. The number of rotatable bonds is 2. The van der Waals surface area contributed by atoms with Crippen molar-refractivity contribution in [3.8, 4) is 5.75 Å². The molecule has 3 rings (SSSR count). The van der Waals surface area contributed by atoms with E-state index in [1.54, 1.807) is 12.1 Å². The Morgan fingerprint density at radius 1 is 1.25 bits per heavy atom. The molecule has 0 spiro atoms. The molecule has 4 heteroatoms. The number of ketones is 1. The van der Waals surface area contributed by atoms with Crippen molar-refractivity contribution in [1.29, 1.82) is 0 Å². The first kappa shape index (κ1) is 13.7. The Hall–Kier alpha value is -1.32. The molecule has 2 aromatic carbocycles. The number of hydrogen-bond acceptors (Lipinski definition) is 2. The van der Waals surface area contributed by atoms with Crippen molar-refractivity contribution < 1.29 is 9.53 Å². The molecule has 1 unspecified atom stereocenters. The zero-order valence-corrected chi connectivity index (χ0v) is 12.9. The fourth-order valence-corrected chi connectivity index (χ4v) is 3.37. The van der Waals surface area contributed by atoms with Crippen LogP contribution in [0.4, 0.5) is 0 Å². The highest BCUT2D eigenvalue weighted by Crippen LogP contribution is 2.36. The Morgan fingerprint density at radius 2 is 2.05 bits per heavy atom. The number of ether oxygens (including phenoxy) is 1. The van der Waals surface area contributed by atoms with Gasteiger partial charge in [-0.1, -0.05) is 45.7 Å². The van der Waals surface area contributed by atoms with Crippen LogP contribution in [0, 0.1) is 0 Å². The number of carbonyl (C=O) groups excluding carboxylic acids is 1. The third-order valence-electron chi connectivity index (χ3n) is 3.42. The molecular weight excluding hydrogens is 340 g/mol. The van der Waals surface area contributed by atoms with Gasteiger partial charge in [-0.05, 0) is 30.7 Å². The van der Waals surface area contributed by atoms with Crippen molar-refractivity contribution in [2.75, 3.05) is 6.61 Å². The van der Waals surface area contributed by atoms with Crippen molar-refractivity contribution in [2.45, 2.75) is 12.3 Å². The highest BCUT2D eigenvalue weighted by atomic mass is 79.9. The molecule has 1 heterocycles. The minimum atomic E-state index is -0.162. The second-order valence-corrected chi connectivity index (χ2v) is 6.10. The quantitative estimate of drug-likeness (QED) is 0.723. The standard InChI is InChI=1S/C16H12BrClO2/c17-11-7-10(8-12(18)9-11)16(19)14-5-6-20-15-4-2-1-3-13(14)15/h1-4,7-9,14H,5-6H2. The average Bonchev–Trinajstić information content (AvgIpc) is 2.45. The van der Waals surface area contributed by atoms with Crippen LogP contribution < -0.4 is 4.74 Å². The second kappa shape index (κ2) is 5.58. The molecule has 1 atom stereocenters. The Balaban J connectivity index is 1.99. The highest BCUT2D eigenvalue weighted by Gasteiger charge is 2.28. The lowest BCUT2D eigenvalue weighted by atomic mass is 9.86. The van der Waals surface area contributed by atoms with Crippen LogP contribution in [-0.4, -0.2) is 12.4 Å². The molecule has 2 nitrogen and oxygen atoms in total. The molecule has 0 fully saturated rings. The maximum atomic E-state index is 12.7. The van der Waals surface area contributed by atoms with Gasteiger partial charge in [-0.25, -0.2) is 0 Å². The van der Waals surface area contributed by atoms with Gasteiger partial charge < -0.3 is 4.74 Å². The largest absolute Gasteiger partial charge is 0.493 e. The van der Waals surface area contributed by atoms with Crippen molar-refractivity contribution in [2.24, 2.45) is 0 Å². The molecule has 0 saturated heterocycles. The lowest BCUT2D eigenvalue weighted by Gasteiger charge is -2.25. The first-order chi connectivity index (χ1) is 9.65. The Kier molecular flexibility index (Phi) is 3.81. The van der Waals surface area contributed by atoms with Gasteiger partial charge in [0.1, 0.15) is 5.75 Å². The van der Waals surface area contributed by atoms with Gasteiger partial charge in [-0.3, -0.25) is 4.79 Å². The smallest absolute Gasteiger partial charge is 0.170 e. The van der Waals surface area contributed by atoms with Gasteiger partial charge in [0.2, 0.25) is 0 Å². The van der Waals surface area contributed by atoms with Gasteiger partial charge in [-0.2, -0.15) is 0 Å². The number of hydrogen-bond donors (Lipinski definition) is 0. The third kappa shape index (κ3) is 2.60. The van der Waals surface area contributed by atoms with Gasteiger partial charge in [0.25, 0.3) is 0 Å². The SMILES string of the molecule is O=C(c1cc(Cl)cc(Br)c1)C1CCOc2ccccc21. The van der Waals surface area contributed by atoms with Gasteiger partial charge >= 0.3 is 0 Å². The van der Waals surface area contributed by atoms with Crippen LogP contribution in [0.1, 0.15) is 28.3 Å². The summed E-state index contributed by atoms with van der Waals surface area (Å²) in [5.41, 5.74) is 1.59. The van der Waals surface area contributed by atoms with E-state index >= 15 is 0 Å². The fourth-order valence-electron chi connectivity index (χ4n) is 2.51. The number of fused-ring (bicyclic) bond motifs is 1. The van der Waals surface area contributed by atoms with E-state index < -0.39 is 0 Å². The number of carbonyl (C=O) groups is 1. The Labute approximate surface area is 130 Å². The van der Waals surface area contributed by atoms with E-state index in [1.807, 2.05) is 30.3 Å². The van der Waals surface area contributed by atoms with E-state index in [2.05, 4.69) is 15.9 Å². The lowest BCUT2D eigenvalue weighted by molar-refractivity contribution is 0.0933. The summed E-state index contributed by atoms with van der Waals surface area (Å²) in [5, 5.41) is 0.558. The summed E-state index contributed by atoms with van der Waals surface area (Å²) in [6.07, 6.45) is 0.694. The van der Waals surface area contributed by atoms with Gasteiger partial charge in [0.05, 0.1) is 12.5 Å². The van der Waals surface area contributed by atoms with E-state index in [4.69, 9.17) is 16.3 Å². The van der Waals surface area contributed by atoms with Crippen LogP contribution in [0.25, 0.3) is 0 Å². The van der Waals surface area contributed by atoms with Crippen molar-refractivity contribution in [1.82, 2.24) is 0 Å². The summed E-state index contributed by atoms with van der Waals surface area (Å²) in [6.45, 7) is 0.565. The molecule has 0 bridgehead atoms. The normalized spacial score (nSPS) is 17.2. The summed E-state index contributed by atoms with van der Waals surface area (Å²) in [6, 6.07) is 13.0. The molecule has 102 valence electrons. The maximum absolute atomic E-state index is 12.7. The average molecular weight is 352 g/mol. The van der Waals surface area contributed by atoms with Crippen LogP contribution in [0.15, 0.2) is 46.9 Å². The molecule has 1 aliphatic rings. The molecule has 0 amide bonds. The van der Waals surface area contributed by atoms with E-state index in [1.165, 1.54) is 0 Å². The molecule has 0 aliphatic carbocycles. The predicted octanol–water partition coefficient (Wildman–Crippen LogP) is 4.85. The molecule has 0 saturated carbocycles. The summed E-state index contributed by atoms with van der Waals surface area (Å²) < 4.78 is 6.41. The van der Waals surface area contributed by atoms with Crippen LogP contribution in [-0.2, 0) is 0 Å². The third-order valence-corrected chi connectivity index (χ3v) is 4.10. The van der Waals surface area contributed by atoms with Crippen LogP contribution in [0.2, 0.25) is 5.02 Å². The minimum absolute atomic E-state index is 0.0870. The fraction of sp³-hybridized carbons (Fsp3) is 0.188. The number of para-hydroxylation sites is 1. The van der Waals surface area contributed by atoms with Crippen LogP contribution >= 0.6 is 27.5 Å². The zero-order valence-electron chi connectivity index (χ0n) is 10.6. The van der Waals surface area contributed by atoms with Crippen LogP contribution in [0.5, 0.6) is 5.75 Å². The molecule has 2 aromatic rings. The first-order valence-corrected chi connectivity index (χ1v) is 7.54. The molecule has 20 heavy (non-hydrogen) atoms. The van der Waals surface area contributed by atoms with Crippen LogP contribution in [0.3, 0.4) is 0 Å². The zero-order chi connectivity index (χ0) is 14.1. The summed E-state index contributed by atoms with van der Waals surface area (Å²) in [7, 11) is 0. The molecule has 0 N–H and O–H groups in total. The summed E-state index contributed by atoms with van der Waals surface area (Å²) in [5.74, 6) is 0.729. The number of Topliss-reactive ketones (excluding diaryl/α,β-unsaturated/α-hetero) is 1. The van der Waals surface area contributed by atoms with E-state index in [0.717, 1.165) is 15.8 Å². The highest BCUT2D eigenvalue weighted by molar-refractivity contribution is 9.10. The molecular formula is C16H12BrClO2. The van der Waals surface area contributed by atoms with Gasteiger partial charge in [-0.15, -0.1) is 0 Å².